The fraction of sp³-hybridized carbons (Fsp3) is 0.533. The first kappa shape index (κ1) is 16.5. The molecule has 0 bridgehead atoms. The van der Waals surface area contributed by atoms with E-state index in [1.807, 2.05) is 13.8 Å². The maximum absolute atomic E-state index is 12.9. The minimum absolute atomic E-state index is 0.273. The van der Waals surface area contributed by atoms with Gasteiger partial charge in [-0.2, -0.15) is 13.2 Å². The number of amides is 1. The third-order valence-corrected chi connectivity index (χ3v) is 3.11. The molecule has 0 fully saturated rings. The fourth-order valence-corrected chi connectivity index (χ4v) is 1.90. The Morgan fingerprint density at radius 2 is 1.85 bits per heavy atom. The molecule has 20 heavy (non-hydrogen) atoms. The van der Waals surface area contributed by atoms with Gasteiger partial charge in [0.1, 0.15) is 0 Å². The second-order valence-electron chi connectivity index (χ2n) is 5.11. The number of benzene rings is 1. The van der Waals surface area contributed by atoms with Crippen molar-refractivity contribution in [2.24, 2.45) is 5.92 Å². The van der Waals surface area contributed by atoms with E-state index in [0.717, 1.165) is 12.5 Å². The van der Waals surface area contributed by atoms with Crippen LogP contribution in [0.4, 0.5) is 13.2 Å². The van der Waals surface area contributed by atoms with E-state index in [-0.39, 0.29) is 5.56 Å². The Hall–Kier alpha value is -1.52. The molecule has 0 aliphatic heterocycles. The molecule has 0 N–H and O–H groups in total. The number of carbonyl (C=O) groups excluding carboxylic acids is 1. The van der Waals surface area contributed by atoms with Gasteiger partial charge in [0.05, 0.1) is 11.1 Å². The zero-order valence-electron chi connectivity index (χ0n) is 12.0. The van der Waals surface area contributed by atoms with Crippen molar-refractivity contribution in [1.29, 1.82) is 0 Å². The topological polar surface area (TPSA) is 20.3 Å². The Kier molecular flexibility index (Phi) is 5.60. The zero-order valence-corrected chi connectivity index (χ0v) is 12.0. The third-order valence-electron chi connectivity index (χ3n) is 3.11. The smallest absolute Gasteiger partial charge is 0.339 e. The highest BCUT2D eigenvalue weighted by Gasteiger charge is 2.35. The number of halogens is 3. The number of rotatable bonds is 5. The predicted octanol–water partition coefficient (Wildman–Crippen LogP) is 4.21. The molecule has 1 rings (SSSR count). The summed E-state index contributed by atoms with van der Waals surface area (Å²) in [6, 6.07) is 4.94. The molecule has 0 saturated carbocycles. The quantitative estimate of drug-likeness (QED) is 0.794. The average Bonchev–Trinajstić information content (AvgIpc) is 2.38. The lowest BCUT2D eigenvalue weighted by Crippen LogP contribution is -2.33. The maximum Gasteiger partial charge on any atom is 0.417 e. The van der Waals surface area contributed by atoms with Crippen LogP contribution in [-0.4, -0.2) is 23.9 Å². The molecule has 1 aromatic carbocycles. The Morgan fingerprint density at radius 1 is 1.25 bits per heavy atom. The highest BCUT2D eigenvalue weighted by atomic mass is 19.4. The molecule has 0 aliphatic rings. The van der Waals surface area contributed by atoms with Gasteiger partial charge in [-0.3, -0.25) is 4.79 Å². The summed E-state index contributed by atoms with van der Waals surface area (Å²) in [7, 11) is 0. The minimum atomic E-state index is -4.51. The van der Waals surface area contributed by atoms with Crippen molar-refractivity contribution in [2.75, 3.05) is 13.1 Å². The van der Waals surface area contributed by atoms with E-state index in [4.69, 9.17) is 0 Å². The Morgan fingerprint density at radius 3 is 2.35 bits per heavy atom. The number of hydrogen-bond acceptors (Lipinski definition) is 1. The molecule has 1 amide bonds. The molecule has 0 saturated heterocycles. The van der Waals surface area contributed by atoms with Gasteiger partial charge in [0, 0.05) is 13.1 Å². The molecule has 0 spiro atoms. The fourth-order valence-electron chi connectivity index (χ4n) is 1.90. The Balaban J connectivity index is 3.01. The molecule has 0 atom stereocenters. The van der Waals surface area contributed by atoms with Gasteiger partial charge in [0.15, 0.2) is 0 Å². The monoisotopic (exact) mass is 287 g/mol. The van der Waals surface area contributed by atoms with Crippen LogP contribution in [0.15, 0.2) is 24.3 Å². The molecule has 0 heterocycles. The molecule has 112 valence electrons. The second-order valence-corrected chi connectivity index (χ2v) is 5.11. The van der Waals surface area contributed by atoms with Gasteiger partial charge in [0.25, 0.3) is 5.91 Å². The van der Waals surface area contributed by atoms with Crippen LogP contribution < -0.4 is 0 Å². The number of hydrogen-bond donors (Lipinski definition) is 0. The van der Waals surface area contributed by atoms with Gasteiger partial charge in [-0.25, -0.2) is 0 Å². The molecule has 0 unspecified atom stereocenters. The Bertz CT molecular complexity index is 455. The SMILES string of the molecule is CCN(CCC(C)C)C(=O)c1ccccc1C(F)(F)F. The summed E-state index contributed by atoms with van der Waals surface area (Å²) in [6.07, 6.45) is -3.74. The predicted molar refractivity (Wildman–Crippen MR) is 72.5 cm³/mol. The normalized spacial score (nSPS) is 11.8. The molecule has 2 nitrogen and oxygen atoms in total. The first-order chi connectivity index (χ1) is 9.27. The lowest BCUT2D eigenvalue weighted by Gasteiger charge is -2.23. The maximum atomic E-state index is 12.9. The molecular formula is C15H20F3NO. The third kappa shape index (κ3) is 4.25. The van der Waals surface area contributed by atoms with Gasteiger partial charge in [-0.15, -0.1) is 0 Å². The largest absolute Gasteiger partial charge is 0.417 e. The van der Waals surface area contributed by atoms with Crippen LogP contribution in [0.5, 0.6) is 0 Å². The van der Waals surface area contributed by atoms with Crippen LogP contribution >= 0.6 is 0 Å². The van der Waals surface area contributed by atoms with Crippen molar-refractivity contribution in [3.05, 3.63) is 35.4 Å². The van der Waals surface area contributed by atoms with E-state index in [9.17, 15) is 18.0 Å². The van der Waals surface area contributed by atoms with Crippen molar-refractivity contribution in [2.45, 2.75) is 33.4 Å². The minimum Gasteiger partial charge on any atom is -0.339 e. The second kappa shape index (κ2) is 6.77. The number of nitrogens with zero attached hydrogens (tertiary/aromatic N) is 1. The standard InChI is InChI=1S/C15H20F3NO/c1-4-19(10-9-11(2)3)14(20)12-7-5-6-8-13(12)15(16,17)18/h5-8,11H,4,9-10H2,1-3H3. The van der Waals surface area contributed by atoms with Gasteiger partial charge in [0.2, 0.25) is 0 Å². The van der Waals surface area contributed by atoms with E-state index in [1.165, 1.54) is 23.1 Å². The summed E-state index contributed by atoms with van der Waals surface area (Å²) in [5.74, 6) is -0.157. The lowest BCUT2D eigenvalue weighted by molar-refractivity contribution is -0.138. The van der Waals surface area contributed by atoms with E-state index >= 15 is 0 Å². The molecule has 0 aromatic heterocycles. The summed E-state index contributed by atoms with van der Waals surface area (Å²) in [4.78, 5) is 13.7. The number of carbonyl (C=O) groups is 1. The highest BCUT2D eigenvalue weighted by Crippen LogP contribution is 2.32. The van der Waals surface area contributed by atoms with E-state index in [0.29, 0.717) is 19.0 Å². The molecule has 0 aliphatic carbocycles. The Labute approximate surface area is 117 Å². The van der Waals surface area contributed by atoms with Crippen LogP contribution in [0.3, 0.4) is 0 Å². The molecule has 1 aromatic rings. The first-order valence-electron chi connectivity index (χ1n) is 6.72. The van der Waals surface area contributed by atoms with Gasteiger partial charge >= 0.3 is 6.18 Å². The van der Waals surface area contributed by atoms with Crippen LogP contribution in [0, 0.1) is 5.92 Å². The summed E-state index contributed by atoms with van der Waals surface area (Å²) in [5.41, 5.74) is -1.14. The van der Waals surface area contributed by atoms with Gasteiger partial charge < -0.3 is 4.90 Å². The van der Waals surface area contributed by atoms with Crippen molar-refractivity contribution in [3.63, 3.8) is 0 Å². The van der Waals surface area contributed by atoms with Crippen LogP contribution in [0.1, 0.15) is 43.1 Å². The van der Waals surface area contributed by atoms with Crippen molar-refractivity contribution >= 4 is 5.91 Å². The summed E-state index contributed by atoms with van der Waals surface area (Å²) < 4.78 is 38.8. The van der Waals surface area contributed by atoms with Crippen molar-refractivity contribution in [3.8, 4) is 0 Å². The van der Waals surface area contributed by atoms with E-state index in [2.05, 4.69) is 0 Å². The van der Waals surface area contributed by atoms with E-state index < -0.39 is 17.6 Å². The highest BCUT2D eigenvalue weighted by molar-refractivity contribution is 5.95. The molecule has 5 heteroatoms. The van der Waals surface area contributed by atoms with Crippen LogP contribution in [0.25, 0.3) is 0 Å². The average molecular weight is 287 g/mol. The van der Waals surface area contributed by atoms with Crippen molar-refractivity contribution < 1.29 is 18.0 Å². The summed E-state index contributed by atoms with van der Waals surface area (Å²) in [6.45, 7) is 6.68. The molecular weight excluding hydrogens is 267 g/mol. The first-order valence-corrected chi connectivity index (χ1v) is 6.72. The zero-order chi connectivity index (χ0) is 15.3. The van der Waals surface area contributed by atoms with Crippen LogP contribution in [0.2, 0.25) is 0 Å². The molecule has 0 radical (unpaired) electrons. The van der Waals surface area contributed by atoms with Crippen molar-refractivity contribution in [1.82, 2.24) is 4.90 Å². The summed E-state index contributed by atoms with van der Waals surface area (Å²) in [5, 5.41) is 0. The van der Waals surface area contributed by atoms with E-state index in [1.54, 1.807) is 6.92 Å². The van der Waals surface area contributed by atoms with Crippen LogP contribution in [-0.2, 0) is 6.18 Å². The lowest BCUT2D eigenvalue weighted by atomic mass is 10.0. The van der Waals surface area contributed by atoms with Gasteiger partial charge in [-0.05, 0) is 31.4 Å². The number of alkyl halides is 3. The summed E-state index contributed by atoms with van der Waals surface area (Å²) >= 11 is 0. The van der Waals surface area contributed by atoms with Gasteiger partial charge in [-0.1, -0.05) is 26.0 Å².